The molecule has 5 rings (SSSR count). The maximum absolute atomic E-state index is 15.0. The summed E-state index contributed by atoms with van der Waals surface area (Å²) in [6.45, 7) is 16.3. The van der Waals surface area contributed by atoms with Crippen molar-refractivity contribution in [2.75, 3.05) is 7.11 Å². The van der Waals surface area contributed by atoms with Crippen molar-refractivity contribution in [1.82, 2.24) is 0 Å². The van der Waals surface area contributed by atoms with E-state index in [4.69, 9.17) is 14.2 Å². The first-order valence-corrected chi connectivity index (χ1v) is 16.9. The molecule has 0 aromatic heterocycles. The number of ether oxygens (including phenoxy) is 3. The highest BCUT2D eigenvalue weighted by molar-refractivity contribution is 6.11. The number of carbonyl (C=O) groups is 3. The Kier molecular flexibility index (Phi) is 9.92. The van der Waals surface area contributed by atoms with Crippen LogP contribution in [0.15, 0.2) is 121 Å². The highest BCUT2D eigenvalue weighted by Gasteiger charge is 2.70. The van der Waals surface area contributed by atoms with Gasteiger partial charge in [-0.2, -0.15) is 0 Å². The van der Waals surface area contributed by atoms with E-state index >= 15 is 0 Å². The van der Waals surface area contributed by atoms with E-state index in [1.807, 2.05) is 145 Å². The number of benzene rings is 3. The minimum atomic E-state index is -1.84. The summed E-state index contributed by atoms with van der Waals surface area (Å²) in [5.41, 5.74) is -0.500. The third-order valence-electron chi connectivity index (χ3n) is 9.96. The summed E-state index contributed by atoms with van der Waals surface area (Å²) < 4.78 is 18.2. The van der Waals surface area contributed by atoms with Gasteiger partial charge in [0.1, 0.15) is 19.0 Å². The molecule has 1 spiro atoms. The molecular formula is C43H48O6. The molecule has 2 atom stereocenters. The predicted molar refractivity (Wildman–Crippen MR) is 191 cm³/mol. The van der Waals surface area contributed by atoms with Gasteiger partial charge in [-0.1, -0.05) is 139 Å². The number of para-hydroxylation sites is 1. The Bertz CT molecular complexity index is 1680. The summed E-state index contributed by atoms with van der Waals surface area (Å²) in [6, 6.07) is 26.2. The lowest BCUT2D eigenvalue weighted by Crippen LogP contribution is -2.47. The fourth-order valence-electron chi connectivity index (χ4n) is 7.51. The third kappa shape index (κ3) is 6.66. The number of Topliss-reactive ketones (excluding diaryl/α,β-unsaturated/α-hetero) is 1. The van der Waals surface area contributed by atoms with Gasteiger partial charge >= 0.3 is 11.9 Å². The van der Waals surface area contributed by atoms with Crippen molar-refractivity contribution in [2.24, 2.45) is 27.6 Å². The highest BCUT2D eigenvalue weighted by atomic mass is 16.6. The second-order valence-electron chi connectivity index (χ2n) is 15.3. The van der Waals surface area contributed by atoms with Crippen LogP contribution in [0.1, 0.15) is 70.6 Å². The van der Waals surface area contributed by atoms with Crippen LogP contribution in [0.3, 0.4) is 0 Å². The molecule has 0 aliphatic heterocycles. The van der Waals surface area contributed by atoms with Crippen LogP contribution in [0.2, 0.25) is 0 Å². The molecule has 2 aliphatic carbocycles. The topological polar surface area (TPSA) is 78.9 Å². The van der Waals surface area contributed by atoms with Crippen LogP contribution in [0.4, 0.5) is 0 Å². The quantitative estimate of drug-likeness (QED) is 0.130. The molecule has 3 aromatic rings. The van der Waals surface area contributed by atoms with Crippen molar-refractivity contribution < 1.29 is 28.6 Å². The molecule has 0 radical (unpaired) electrons. The van der Waals surface area contributed by atoms with Gasteiger partial charge in [-0.25, -0.2) is 0 Å². The fraction of sp³-hybridized carbons (Fsp3) is 0.372. The van der Waals surface area contributed by atoms with Crippen LogP contribution >= 0.6 is 0 Å². The van der Waals surface area contributed by atoms with Crippen molar-refractivity contribution in [3.8, 4) is 5.75 Å². The van der Waals surface area contributed by atoms with Crippen molar-refractivity contribution in [1.29, 1.82) is 0 Å². The zero-order chi connectivity index (χ0) is 35.6. The number of hydrogen-bond donors (Lipinski definition) is 0. The number of methoxy groups -OCH3 is 1. The molecule has 6 nitrogen and oxygen atoms in total. The number of carbonyl (C=O) groups excluding carboxylic acids is 3. The second-order valence-corrected chi connectivity index (χ2v) is 15.3. The normalized spacial score (nSPS) is 19.9. The van der Waals surface area contributed by atoms with Crippen LogP contribution in [0.25, 0.3) is 0 Å². The summed E-state index contributed by atoms with van der Waals surface area (Å²) in [6.07, 6.45) is 5.87. The first-order chi connectivity index (χ1) is 23.2. The largest absolute Gasteiger partial charge is 0.496 e. The molecule has 1 fully saturated rings. The zero-order valence-corrected chi connectivity index (χ0v) is 29.7. The summed E-state index contributed by atoms with van der Waals surface area (Å²) in [5.74, 6) is -2.25. The van der Waals surface area contributed by atoms with E-state index in [0.29, 0.717) is 22.5 Å². The van der Waals surface area contributed by atoms with Crippen LogP contribution < -0.4 is 4.74 Å². The van der Waals surface area contributed by atoms with Gasteiger partial charge in [0.05, 0.1) is 7.11 Å². The molecule has 0 saturated heterocycles. The molecule has 49 heavy (non-hydrogen) atoms. The minimum absolute atomic E-state index is 0.0254. The van der Waals surface area contributed by atoms with E-state index in [1.165, 1.54) is 0 Å². The van der Waals surface area contributed by atoms with Crippen LogP contribution in [0, 0.1) is 27.6 Å². The van der Waals surface area contributed by atoms with Gasteiger partial charge in [0.25, 0.3) is 0 Å². The minimum Gasteiger partial charge on any atom is -0.496 e. The van der Waals surface area contributed by atoms with E-state index in [-0.39, 0.29) is 25.4 Å². The average molecular weight is 661 g/mol. The number of ketones is 1. The highest BCUT2D eigenvalue weighted by Crippen LogP contribution is 2.68. The van der Waals surface area contributed by atoms with Gasteiger partial charge in [-0.05, 0) is 40.4 Å². The van der Waals surface area contributed by atoms with Crippen molar-refractivity contribution in [2.45, 2.75) is 67.1 Å². The van der Waals surface area contributed by atoms with Gasteiger partial charge < -0.3 is 14.2 Å². The molecule has 0 heterocycles. The number of esters is 2. The Labute approximate surface area is 290 Å². The lowest BCUT2D eigenvalue weighted by molar-refractivity contribution is -0.176. The van der Waals surface area contributed by atoms with E-state index in [2.05, 4.69) is 6.58 Å². The summed E-state index contributed by atoms with van der Waals surface area (Å²) in [5, 5.41) is 0. The molecule has 0 amide bonds. The Morgan fingerprint density at radius 2 is 1.20 bits per heavy atom. The van der Waals surface area contributed by atoms with Gasteiger partial charge in [0, 0.05) is 28.0 Å². The number of allylic oxidation sites excluding steroid dienone is 5. The van der Waals surface area contributed by atoms with Crippen molar-refractivity contribution in [3.63, 3.8) is 0 Å². The van der Waals surface area contributed by atoms with E-state index in [9.17, 15) is 14.4 Å². The number of rotatable bonds is 9. The monoisotopic (exact) mass is 660 g/mol. The summed E-state index contributed by atoms with van der Waals surface area (Å²) in [4.78, 5) is 44.3. The molecule has 0 N–H and O–H groups in total. The Balaban J connectivity index is 1.82. The van der Waals surface area contributed by atoms with E-state index in [0.717, 1.165) is 11.1 Å². The maximum Gasteiger partial charge on any atom is 0.324 e. The Hall–Kier alpha value is -4.71. The molecule has 6 heteroatoms. The maximum atomic E-state index is 15.0. The number of hydrogen-bond acceptors (Lipinski definition) is 6. The predicted octanol–water partition coefficient (Wildman–Crippen LogP) is 8.97. The first kappa shape index (κ1) is 35.6. The SMILES string of the molecule is C=C[C@@H]1CC(C(=O)OCc2ccccc2)(C(=O)OCc2ccccc2)[C@H](c2ccccc2OC)C12C=C(C(C)(C)C)C(=O)C(C(C)(C)C)=C2. The molecule has 2 aliphatic rings. The molecule has 0 bridgehead atoms. The molecule has 3 aromatic carbocycles. The van der Waals surface area contributed by atoms with Crippen molar-refractivity contribution in [3.05, 3.63) is 138 Å². The summed E-state index contributed by atoms with van der Waals surface area (Å²) in [7, 11) is 1.58. The summed E-state index contributed by atoms with van der Waals surface area (Å²) >= 11 is 0. The standard InChI is InChI=1S/C43H48O6/c1-9-31-24-43(38(45)48-27-29-18-12-10-13-19-29,39(46)49-28-30-20-14-11-15-21-30)37(32-22-16-17-23-35(32)47-8)42(31)25-33(40(2,3)4)36(44)34(26-42)41(5,6)7/h9-23,25-26,31,37H,1,24,27-28H2,2-8H3/t31-,37-/m1/s1. The zero-order valence-electron chi connectivity index (χ0n) is 29.7. The molecule has 256 valence electrons. The van der Waals surface area contributed by atoms with Crippen molar-refractivity contribution >= 4 is 17.7 Å². The lowest BCUT2D eigenvalue weighted by atomic mass is 9.57. The third-order valence-corrected chi connectivity index (χ3v) is 9.96. The molecule has 1 saturated carbocycles. The molecular weight excluding hydrogens is 612 g/mol. The first-order valence-electron chi connectivity index (χ1n) is 16.9. The Morgan fingerprint density at radius 1 is 0.755 bits per heavy atom. The lowest BCUT2D eigenvalue weighted by Gasteiger charge is -2.45. The van der Waals surface area contributed by atoms with Gasteiger partial charge in [0.15, 0.2) is 11.2 Å². The van der Waals surface area contributed by atoms with Gasteiger partial charge in [0.2, 0.25) is 0 Å². The van der Waals surface area contributed by atoms with E-state index < -0.39 is 45.4 Å². The average Bonchev–Trinajstić information content (AvgIpc) is 3.37. The fourth-order valence-corrected chi connectivity index (χ4v) is 7.51. The van der Waals surface area contributed by atoms with Crippen LogP contribution in [-0.2, 0) is 37.1 Å². The van der Waals surface area contributed by atoms with Crippen LogP contribution in [0.5, 0.6) is 5.75 Å². The van der Waals surface area contributed by atoms with E-state index in [1.54, 1.807) is 7.11 Å². The van der Waals surface area contributed by atoms with Gasteiger partial charge in [-0.15, -0.1) is 6.58 Å². The Morgan fingerprint density at radius 3 is 1.63 bits per heavy atom. The smallest absolute Gasteiger partial charge is 0.324 e. The molecule has 0 unspecified atom stereocenters. The van der Waals surface area contributed by atoms with Crippen LogP contribution in [-0.4, -0.2) is 24.8 Å². The van der Waals surface area contributed by atoms with Gasteiger partial charge in [-0.3, -0.25) is 14.4 Å². The second kappa shape index (κ2) is 13.7.